The molecule has 5 heteroatoms. The van der Waals surface area contributed by atoms with Crippen LogP contribution in [-0.2, 0) is 4.79 Å². The quantitative estimate of drug-likeness (QED) is 0.672. The number of nitrogens with zero attached hydrogens (tertiary/aromatic N) is 3. The van der Waals surface area contributed by atoms with Gasteiger partial charge in [-0.3, -0.25) is 4.79 Å². The van der Waals surface area contributed by atoms with E-state index in [0.717, 1.165) is 49.4 Å². The van der Waals surface area contributed by atoms with Crippen molar-refractivity contribution in [1.82, 2.24) is 15.5 Å². The fraction of sp³-hybridized carbons (Fsp3) is 0.500. The number of piperidine rings is 1. The maximum atomic E-state index is 12.7. The maximum Gasteiger partial charge on any atom is 0.224 e. The molecular formula is C26H34N4O. The van der Waals surface area contributed by atoms with Crippen molar-refractivity contribution >= 4 is 11.7 Å². The standard InChI is InChI=1S/C26H34N4O/c1-19-10-11-22(17-20(19)2)24-12-13-25(29-28-24)30-16-6-9-23(18-30)26(31)27-15-14-21-7-4-3-5-8-21/h7,10-13,17,23H,3-6,8-9,14-16,18H2,1-2H3,(H,27,31). The molecule has 1 unspecified atom stereocenters. The van der Waals surface area contributed by atoms with Crippen molar-refractivity contribution in [3.8, 4) is 11.3 Å². The third-order valence-corrected chi connectivity index (χ3v) is 6.70. The van der Waals surface area contributed by atoms with Gasteiger partial charge in [-0.2, -0.15) is 0 Å². The van der Waals surface area contributed by atoms with E-state index in [-0.39, 0.29) is 11.8 Å². The molecule has 4 rings (SSSR count). The lowest BCUT2D eigenvalue weighted by atomic mass is 9.96. The average molecular weight is 419 g/mol. The van der Waals surface area contributed by atoms with Gasteiger partial charge in [0.15, 0.2) is 5.82 Å². The van der Waals surface area contributed by atoms with Crippen molar-refractivity contribution in [2.45, 2.75) is 58.8 Å². The molecule has 1 N–H and O–H groups in total. The average Bonchev–Trinajstić information content (AvgIpc) is 2.82. The summed E-state index contributed by atoms with van der Waals surface area (Å²) >= 11 is 0. The van der Waals surface area contributed by atoms with Gasteiger partial charge in [0.05, 0.1) is 11.6 Å². The summed E-state index contributed by atoms with van der Waals surface area (Å²) in [7, 11) is 0. The van der Waals surface area contributed by atoms with Crippen molar-refractivity contribution in [2.75, 3.05) is 24.5 Å². The Hall–Kier alpha value is -2.69. The molecule has 31 heavy (non-hydrogen) atoms. The topological polar surface area (TPSA) is 58.1 Å². The van der Waals surface area contributed by atoms with Gasteiger partial charge in [-0.1, -0.05) is 23.8 Å². The molecule has 1 aliphatic carbocycles. The largest absolute Gasteiger partial charge is 0.355 e. The van der Waals surface area contributed by atoms with E-state index < -0.39 is 0 Å². The van der Waals surface area contributed by atoms with Crippen molar-refractivity contribution in [3.05, 3.63) is 53.1 Å². The number of aryl methyl sites for hydroxylation is 2. The molecule has 2 aliphatic rings. The molecule has 0 saturated carbocycles. The van der Waals surface area contributed by atoms with E-state index in [4.69, 9.17) is 0 Å². The number of allylic oxidation sites excluding steroid dienone is 1. The minimum atomic E-state index is 0.0234. The molecule has 1 atom stereocenters. The van der Waals surface area contributed by atoms with Crippen LogP contribution < -0.4 is 10.2 Å². The number of amides is 1. The number of aromatic nitrogens is 2. The number of anilines is 1. The molecule has 1 saturated heterocycles. The normalized spacial score (nSPS) is 19.1. The van der Waals surface area contributed by atoms with Gasteiger partial charge >= 0.3 is 0 Å². The lowest BCUT2D eigenvalue weighted by Gasteiger charge is -2.32. The summed E-state index contributed by atoms with van der Waals surface area (Å²) in [4.78, 5) is 14.9. The Balaban J connectivity index is 1.32. The number of rotatable bonds is 6. The molecular weight excluding hydrogens is 384 g/mol. The van der Waals surface area contributed by atoms with Crippen LogP contribution in [0.2, 0.25) is 0 Å². The van der Waals surface area contributed by atoms with Crippen molar-refractivity contribution < 1.29 is 4.79 Å². The second kappa shape index (κ2) is 10.1. The van der Waals surface area contributed by atoms with Crippen LogP contribution in [0.4, 0.5) is 5.82 Å². The van der Waals surface area contributed by atoms with Crippen molar-refractivity contribution in [2.24, 2.45) is 5.92 Å². The van der Waals surface area contributed by atoms with Crippen LogP contribution in [-0.4, -0.2) is 35.7 Å². The Morgan fingerprint density at radius 2 is 2.00 bits per heavy atom. The van der Waals surface area contributed by atoms with E-state index in [9.17, 15) is 4.79 Å². The fourth-order valence-electron chi connectivity index (χ4n) is 4.57. The van der Waals surface area contributed by atoms with Crippen LogP contribution in [0.1, 0.15) is 56.1 Å². The van der Waals surface area contributed by atoms with Gasteiger partial charge in [-0.05, 0) is 88.1 Å². The Kier molecular flexibility index (Phi) is 7.00. The summed E-state index contributed by atoms with van der Waals surface area (Å²) in [6.07, 6.45) is 10.3. The van der Waals surface area contributed by atoms with E-state index in [2.05, 4.69) is 58.5 Å². The zero-order valence-electron chi connectivity index (χ0n) is 18.9. The van der Waals surface area contributed by atoms with Gasteiger partial charge in [-0.25, -0.2) is 0 Å². The molecule has 164 valence electrons. The second-order valence-corrected chi connectivity index (χ2v) is 9.01. The molecule has 1 aromatic heterocycles. The highest BCUT2D eigenvalue weighted by atomic mass is 16.1. The summed E-state index contributed by atoms with van der Waals surface area (Å²) in [5.74, 6) is 1.06. The Labute approximate surface area is 186 Å². The molecule has 2 aromatic rings. The Bertz CT molecular complexity index is 935. The third kappa shape index (κ3) is 5.52. The van der Waals surface area contributed by atoms with Crippen molar-refractivity contribution in [3.63, 3.8) is 0 Å². The molecule has 0 bridgehead atoms. The SMILES string of the molecule is Cc1ccc(-c2ccc(N3CCCC(C(=O)NCCC4=CCCCC4)C3)nn2)cc1C. The Morgan fingerprint density at radius 3 is 2.74 bits per heavy atom. The van der Waals surface area contributed by atoms with Gasteiger partial charge in [0.25, 0.3) is 0 Å². The third-order valence-electron chi connectivity index (χ3n) is 6.70. The van der Waals surface area contributed by atoms with Gasteiger partial charge < -0.3 is 10.2 Å². The highest BCUT2D eigenvalue weighted by molar-refractivity contribution is 5.79. The van der Waals surface area contributed by atoms with E-state index in [1.807, 2.05) is 12.1 Å². The lowest BCUT2D eigenvalue weighted by Crippen LogP contribution is -2.43. The predicted molar refractivity (Wildman–Crippen MR) is 126 cm³/mol. The predicted octanol–water partition coefficient (Wildman–Crippen LogP) is 4.98. The molecule has 0 spiro atoms. The van der Waals surface area contributed by atoms with Crippen LogP contribution in [0.15, 0.2) is 42.0 Å². The monoisotopic (exact) mass is 418 g/mol. The van der Waals surface area contributed by atoms with E-state index in [0.29, 0.717) is 6.54 Å². The zero-order chi connectivity index (χ0) is 21.6. The Morgan fingerprint density at radius 1 is 1.10 bits per heavy atom. The molecule has 1 aromatic carbocycles. The fourth-order valence-corrected chi connectivity index (χ4v) is 4.57. The highest BCUT2D eigenvalue weighted by Crippen LogP contribution is 2.25. The first kappa shape index (κ1) is 21.5. The summed E-state index contributed by atoms with van der Waals surface area (Å²) in [5.41, 5.74) is 6.02. The van der Waals surface area contributed by atoms with E-state index >= 15 is 0 Å². The molecule has 1 fully saturated rings. The first-order valence-corrected chi connectivity index (χ1v) is 11.7. The summed E-state index contributed by atoms with van der Waals surface area (Å²) in [5, 5.41) is 12.1. The zero-order valence-corrected chi connectivity index (χ0v) is 18.9. The minimum absolute atomic E-state index is 0.0234. The summed E-state index contributed by atoms with van der Waals surface area (Å²) in [6.45, 7) is 6.63. The van der Waals surface area contributed by atoms with Crippen LogP contribution in [0.3, 0.4) is 0 Å². The van der Waals surface area contributed by atoms with Gasteiger partial charge in [0.1, 0.15) is 0 Å². The van der Waals surface area contributed by atoms with Crippen LogP contribution >= 0.6 is 0 Å². The number of hydrogen-bond acceptors (Lipinski definition) is 4. The summed E-state index contributed by atoms with van der Waals surface area (Å²) in [6, 6.07) is 10.4. The molecule has 5 nitrogen and oxygen atoms in total. The molecule has 0 radical (unpaired) electrons. The number of carbonyl (C=O) groups is 1. The van der Waals surface area contributed by atoms with Gasteiger partial charge in [0, 0.05) is 25.2 Å². The van der Waals surface area contributed by atoms with Gasteiger partial charge in [-0.15, -0.1) is 10.2 Å². The lowest BCUT2D eigenvalue weighted by molar-refractivity contribution is -0.125. The first-order chi connectivity index (χ1) is 15.1. The number of carbonyl (C=O) groups excluding carboxylic acids is 1. The first-order valence-electron chi connectivity index (χ1n) is 11.7. The summed E-state index contributed by atoms with van der Waals surface area (Å²) < 4.78 is 0. The van der Waals surface area contributed by atoms with E-state index in [1.165, 1.54) is 42.4 Å². The number of hydrogen-bond donors (Lipinski definition) is 1. The maximum absolute atomic E-state index is 12.7. The van der Waals surface area contributed by atoms with Crippen LogP contribution in [0.25, 0.3) is 11.3 Å². The van der Waals surface area contributed by atoms with Crippen molar-refractivity contribution in [1.29, 1.82) is 0 Å². The number of benzene rings is 1. The molecule has 1 amide bonds. The second-order valence-electron chi connectivity index (χ2n) is 9.01. The minimum Gasteiger partial charge on any atom is -0.355 e. The smallest absolute Gasteiger partial charge is 0.224 e. The highest BCUT2D eigenvalue weighted by Gasteiger charge is 2.26. The van der Waals surface area contributed by atoms with Gasteiger partial charge in [0.2, 0.25) is 5.91 Å². The van der Waals surface area contributed by atoms with Crippen LogP contribution in [0.5, 0.6) is 0 Å². The number of nitrogens with one attached hydrogen (secondary N) is 1. The molecule has 1 aliphatic heterocycles. The van der Waals surface area contributed by atoms with Crippen LogP contribution in [0, 0.1) is 19.8 Å². The van der Waals surface area contributed by atoms with E-state index in [1.54, 1.807) is 0 Å². The molecule has 2 heterocycles.